The van der Waals surface area contributed by atoms with Crippen LogP contribution in [0.25, 0.3) is 11.0 Å². The number of fused-ring (bicyclic) bond motifs is 1. The second kappa shape index (κ2) is 6.25. The standard InChI is InChI=1S/C17H19BrN4O3/c1-17(2)8-21(9-17)13(23)7-22-14-10(4-11(18)6-20-14)5-12(16(22)25)15(24)19-3/h4-6H,7-9H2,1-3H3,(H,19,24). The van der Waals surface area contributed by atoms with Crippen LogP contribution in [0.4, 0.5) is 0 Å². The number of pyridine rings is 2. The summed E-state index contributed by atoms with van der Waals surface area (Å²) in [5, 5.41) is 3.07. The second-order valence-corrected chi connectivity index (χ2v) is 7.92. The first-order valence-electron chi connectivity index (χ1n) is 7.91. The van der Waals surface area contributed by atoms with Gasteiger partial charge in [-0.3, -0.25) is 19.0 Å². The predicted octanol–water partition coefficient (Wildman–Crippen LogP) is 1.39. The molecule has 0 bridgehead atoms. The molecule has 0 aromatic carbocycles. The molecule has 0 radical (unpaired) electrons. The number of nitrogens with zero attached hydrogens (tertiary/aromatic N) is 3. The Morgan fingerprint density at radius 2 is 2.00 bits per heavy atom. The van der Waals surface area contributed by atoms with Crippen LogP contribution in [0.5, 0.6) is 0 Å². The highest BCUT2D eigenvalue weighted by Gasteiger charge is 2.37. The number of rotatable bonds is 3. The summed E-state index contributed by atoms with van der Waals surface area (Å²) in [6, 6.07) is 3.27. The first-order valence-corrected chi connectivity index (χ1v) is 8.70. The fourth-order valence-electron chi connectivity index (χ4n) is 3.08. The normalized spacial score (nSPS) is 15.8. The highest BCUT2D eigenvalue weighted by Crippen LogP contribution is 2.28. The van der Waals surface area contributed by atoms with E-state index in [2.05, 4.69) is 40.1 Å². The number of halogens is 1. The van der Waals surface area contributed by atoms with E-state index in [9.17, 15) is 14.4 Å². The lowest BCUT2D eigenvalue weighted by Gasteiger charge is -2.45. The second-order valence-electron chi connectivity index (χ2n) is 7.01. The van der Waals surface area contributed by atoms with Crippen molar-refractivity contribution in [1.29, 1.82) is 0 Å². The number of hydrogen-bond acceptors (Lipinski definition) is 4. The Labute approximate surface area is 153 Å². The van der Waals surface area contributed by atoms with Crippen LogP contribution in [0.1, 0.15) is 24.2 Å². The van der Waals surface area contributed by atoms with Gasteiger partial charge < -0.3 is 10.2 Å². The Kier molecular flexibility index (Phi) is 4.40. The monoisotopic (exact) mass is 406 g/mol. The zero-order valence-electron chi connectivity index (χ0n) is 14.3. The summed E-state index contributed by atoms with van der Waals surface area (Å²) in [6.45, 7) is 5.36. The van der Waals surface area contributed by atoms with Crippen LogP contribution >= 0.6 is 15.9 Å². The zero-order valence-corrected chi connectivity index (χ0v) is 15.9. The summed E-state index contributed by atoms with van der Waals surface area (Å²) in [7, 11) is 1.46. The molecule has 3 heterocycles. The Morgan fingerprint density at radius 1 is 1.32 bits per heavy atom. The van der Waals surface area contributed by atoms with Crippen LogP contribution < -0.4 is 10.9 Å². The number of aromatic nitrogens is 2. The minimum absolute atomic E-state index is 0.00774. The fraction of sp³-hybridized carbons (Fsp3) is 0.412. The van der Waals surface area contributed by atoms with Gasteiger partial charge in [-0.05, 0) is 33.5 Å². The van der Waals surface area contributed by atoms with E-state index >= 15 is 0 Å². The molecule has 7 nitrogen and oxygen atoms in total. The molecular weight excluding hydrogens is 388 g/mol. The minimum atomic E-state index is -0.519. The molecule has 1 aliphatic heterocycles. The Balaban J connectivity index is 2.06. The van der Waals surface area contributed by atoms with Gasteiger partial charge in [0, 0.05) is 36.2 Å². The van der Waals surface area contributed by atoms with Crippen LogP contribution in [-0.2, 0) is 11.3 Å². The van der Waals surface area contributed by atoms with Gasteiger partial charge in [0.1, 0.15) is 17.8 Å². The Hall–Kier alpha value is -2.22. The van der Waals surface area contributed by atoms with Gasteiger partial charge in [-0.1, -0.05) is 13.8 Å². The van der Waals surface area contributed by atoms with Crippen LogP contribution in [0.2, 0.25) is 0 Å². The highest BCUT2D eigenvalue weighted by molar-refractivity contribution is 9.10. The lowest BCUT2D eigenvalue weighted by molar-refractivity contribution is -0.142. The molecular formula is C17H19BrN4O3. The van der Waals surface area contributed by atoms with E-state index in [1.807, 2.05) is 0 Å². The summed E-state index contributed by atoms with van der Waals surface area (Å²) in [5.74, 6) is -0.639. The average Bonchev–Trinajstić information content (AvgIpc) is 2.53. The lowest BCUT2D eigenvalue weighted by Crippen LogP contribution is -2.56. The van der Waals surface area contributed by atoms with Gasteiger partial charge in [0.15, 0.2) is 0 Å². The maximum atomic E-state index is 12.7. The number of hydrogen-bond donors (Lipinski definition) is 1. The highest BCUT2D eigenvalue weighted by atomic mass is 79.9. The van der Waals surface area contributed by atoms with Crippen molar-refractivity contribution >= 4 is 38.8 Å². The van der Waals surface area contributed by atoms with E-state index in [-0.39, 0.29) is 23.4 Å². The number of likely N-dealkylation sites (tertiary alicyclic amines) is 1. The molecule has 3 rings (SSSR count). The molecule has 0 saturated carbocycles. The smallest absolute Gasteiger partial charge is 0.265 e. The average molecular weight is 407 g/mol. The fourth-order valence-corrected chi connectivity index (χ4v) is 3.43. The van der Waals surface area contributed by atoms with Crippen LogP contribution in [0, 0.1) is 5.41 Å². The molecule has 25 heavy (non-hydrogen) atoms. The van der Waals surface area contributed by atoms with E-state index < -0.39 is 11.5 Å². The molecule has 1 fully saturated rings. The summed E-state index contributed by atoms with van der Waals surface area (Å²) < 4.78 is 2.00. The molecule has 8 heteroatoms. The third-order valence-corrected chi connectivity index (χ3v) is 4.68. The van der Waals surface area contributed by atoms with Crippen LogP contribution in [-0.4, -0.2) is 46.4 Å². The Morgan fingerprint density at radius 3 is 2.60 bits per heavy atom. The maximum Gasteiger partial charge on any atom is 0.265 e. The van der Waals surface area contributed by atoms with Crippen molar-refractivity contribution in [2.75, 3.05) is 20.1 Å². The number of carbonyl (C=O) groups is 2. The van der Waals surface area contributed by atoms with Crippen molar-refractivity contribution in [3.05, 3.63) is 38.7 Å². The van der Waals surface area contributed by atoms with Gasteiger partial charge >= 0.3 is 0 Å². The molecule has 1 aliphatic rings. The van der Waals surface area contributed by atoms with Gasteiger partial charge in [0.2, 0.25) is 5.91 Å². The topological polar surface area (TPSA) is 84.3 Å². The molecule has 0 unspecified atom stereocenters. The molecule has 2 amide bonds. The molecule has 2 aromatic heterocycles. The minimum Gasteiger partial charge on any atom is -0.355 e. The van der Waals surface area contributed by atoms with Gasteiger partial charge in [-0.15, -0.1) is 0 Å². The summed E-state index contributed by atoms with van der Waals surface area (Å²) in [6.07, 6.45) is 1.56. The van der Waals surface area contributed by atoms with Gasteiger partial charge in [-0.25, -0.2) is 4.98 Å². The Bertz CT molecular complexity index is 927. The van der Waals surface area contributed by atoms with Gasteiger partial charge in [0.05, 0.1) is 0 Å². The number of amides is 2. The summed E-state index contributed by atoms with van der Waals surface area (Å²) >= 11 is 3.34. The largest absolute Gasteiger partial charge is 0.355 e. The van der Waals surface area contributed by atoms with E-state index in [1.165, 1.54) is 17.7 Å². The van der Waals surface area contributed by atoms with Crippen LogP contribution in [0.15, 0.2) is 27.6 Å². The van der Waals surface area contributed by atoms with Crippen molar-refractivity contribution in [3.63, 3.8) is 0 Å². The van der Waals surface area contributed by atoms with Crippen molar-refractivity contribution in [3.8, 4) is 0 Å². The first kappa shape index (κ1) is 17.6. The molecule has 0 aliphatic carbocycles. The maximum absolute atomic E-state index is 12.7. The zero-order chi connectivity index (χ0) is 18.4. The van der Waals surface area contributed by atoms with Crippen molar-refractivity contribution in [2.24, 2.45) is 5.41 Å². The summed E-state index contributed by atoms with van der Waals surface area (Å²) in [4.78, 5) is 43.3. The van der Waals surface area contributed by atoms with E-state index in [0.717, 1.165) is 4.47 Å². The van der Waals surface area contributed by atoms with Crippen molar-refractivity contribution in [1.82, 2.24) is 19.8 Å². The molecule has 0 spiro atoms. The first-order chi connectivity index (χ1) is 11.7. The molecule has 1 saturated heterocycles. The van der Waals surface area contributed by atoms with Gasteiger partial charge in [-0.2, -0.15) is 0 Å². The molecule has 1 N–H and O–H groups in total. The van der Waals surface area contributed by atoms with Crippen molar-refractivity contribution in [2.45, 2.75) is 20.4 Å². The third kappa shape index (κ3) is 3.30. The quantitative estimate of drug-likeness (QED) is 0.834. The third-order valence-electron chi connectivity index (χ3n) is 4.25. The number of carbonyl (C=O) groups excluding carboxylic acids is 2. The van der Waals surface area contributed by atoms with Gasteiger partial charge in [0.25, 0.3) is 11.5 Å². The van der Waals surface area contributed by atoms with E-state index in [4.69, 9.17) is 0 Å². The molecule has 2 aromatic rings. The van der Waals surface area contributed by atoms with E-state index in [1.54, 1.807) is 17.2 Å². The van der Waals surface area contributed by atoms with Crippen molar-refractivity contribution < 1.29 is 9.59 Å². The van der Waals surface area contributed by atoms with Crippen LogP contribution in [0.3, 0.4) is 0 Å². The SMILES string of the molecule is CNC(=O)c1cc2cc(Br)cnc2n(CC(=O)N2CC(C)(C)C2)c1=O. The predicted molar refractivity (Wildman–Crippen MR) is 97.5 cm³/mol. The van der Waals surface area contributed by atoms with E-state index in [0.29, 0.717) is 24.1 Å². The molecule has 132 valence electrons. The molecule has 0 atom stereocenters. The lowest BCUT2D eigenvalue weighted by atomic mass is 9.84. The summed E-state index contributed by atoms with van der Waals surface area (Å²) in [5.41, 5.74) is -0.0362. The number of nitrogens with one attached hydrogen (secondary N) is 1.